The zero-order valence-corrected chi connectivity index (χ0v) is 17.2. The maximum absolute atomic E-state index is 13.1. The fourth-order valence-electron chi connectivity index (χ4n) is 4.25. The van der Waals surface area contributed by atoms with Crippen molar-refractivity contribution in [2.45, 2.75) is 54.2 Å². The quantitative estimate of drug-likeness (QED) is 0.822. The van der Waals surface area contributed by atoms with E-state index in [0.29, 0.717) is 23.6 Å². The Balaban J connectivity index is 1.61. The summed E-state index contributed by atoms with van der Waals surface area (Å²) >= 11 is 0. The number of benzene rings is 2. The van der Waals surface area contributed by atoms with Crippen molar-refractivity contribution < 1.29 is 16.8 Å². The molecule has 6 nitrogen and oxygen atoms in total. The lowest BCUT2D eigenvalue weighted by atomic mass is 9.84. The fourth-order valence-corrected chi connectivity index (χ4v) is 6.32. The summed E-state index contributed by atoms with van der Waals surface area (Å²) in [5.74, 6) is 0.523. The molecule has 2 aromatic carbocycles. The van der Waals surface area contributed by atoms with E-state index in [2.05, 4.69) is 0 Å². The number of fused-ring (bicyclic) bond motifs is 1. The average molecular weight is 421 g/mol. The Bertz CT molecular complexity index is 1090. The van der Waals surface area contributed by atoms with Gasteiger partial charge in [0.25, 0.3) is 10.0 Å². The fraction of sp³-hybridized carbons (Fsp3) is 0.400. The van der Waals surface area contributed by atoms with E-state index < -0.39 is 20.0 Å². The first kappa shape index (κ1) is 19.4. The largest absolute Gasteiger partial charge is 0.266 e. The molecule has 150 valence electrons. The summed E-state index contributed by atoms with van der Waals surface area (Å²) < 4.78 is 50.7. The number of rotatable bonds is 4. The average Bonchev–Trinajstić information content (AvgIpc) is 3.12. The summed E-state index contributed by atoms with van der Waals surface area (Å²) in [7, 11) is -7.51. The van der Waals surface area contributed by atoms with Crippen LogP contribution in [0.3, 0.4) is 0 Å². The van der Waals surface area contributed by atoms with Gasteiger partial charge in [0.15, 0.2) is 0 Å². The monoisotopic (exact) mass is 420 g/mol. The van der Waals surface area contributed by atoms with Crippen molar-refractivity contribution in [1.29, 1.82) is 0 Å². The standard InChI is InChI=1S/C20H24N2O4S2/c21-27(23,24)19-10-11-20-17(14-19)12-13-22(20)28(25,26)18-8-6-16(7-9-18)15-4-2-1-3-5-15/h6-11,14-15H,1-5,12-13H2,(H2,21,23,24). The van der Waals surface area contributed by atoms with Crippen LogP contribution in [0.2, 0.25) is 0 Å². The lowest BCUT2D eigenvalue weighted by Crippen LogP contribution is -2.29. The minimum atomic E-state index is -3.81. The molecule has 1 heterocycles. The molecule has 0 aromatic heterocycles. The third-order valence-electron chi connectivity index (χ3n) is 5.78. The minimum absolute atomic E-state index is 0.00216. The van der Waals surface area contributed by atoms with Gasteiger partial charge in [0, 0.05) is 6.54 Å². The van der Waals surface area contributed by atoms with Gasteiger partial charge in [0.1, 0.15) is 0 Å². The number of primary sulfonamides is 1. The third-order valence-corrected chi connectivity index (χ3v) is 8.52. The van der Waals surface area contributed by atoms with Crippen LogP contribution in [0.1, 0.15) is 49.1 Å². The molecule has 2 aliphatic rings. The van der Waals surface area contributed by atoms with Gasteiger partial charge in [-0.25, -0.2) is 22.0 Å². The third kappa shape index (κ3) is 3.56. The Morgan fingerprint density at radius 2 is 1.50 bits per heavy atom. The van der Waals surface area contributed by atoms with E-state index in [0.717, 1.165) is 12.8 Å². The first-order chi connectivity index (χ1) is 13.3. The van der Waals surface area contributed by atoms with Gasteiger partial charge < -0.3 is 0 Å². The molecule has 2 aromatic rings. The van der Waals surface area contributed by atoms with Gasteiger partial charge in [-0.15, -0.1) is 0 Å². The van der Waals surface area contributed by atoms with Crippen molar-refractivity contribution in [3.63, 3.8) is 0 Å². The van der Waals surface area contributed by atoms with E-state index in [1.165, 1.54) is 47.3 Å². The molecule has 8 heteroatoms. The smallest absolute Gasteiger partial charge is 0.264 e. The second-order valence-electron chi connectivity index (χ2n) is 7.57. The minimum Gasteiger partial charge on any atom is -0.266 e. The Morgan fingerprint density at radius 1 is 0.857 bits per heavy atom. The highest BCUT2D eigenvalue weighted by Crippen LogP contribution is 2.36. The summed E-state index contributed by atoms with van der Waals surface area (Å²) in [6, 6.07) is 11.6. The lowest BCUT2D eigenvalue weighted by Gasteiger charge is -2.23. The zero-order valence-electron chi connectivity index (χ0n) is 15.5. The van der Waals surface area contributed by atoms with Crippen LogP contribution in [0.15, 0.2) is 52.3 Å². The molecule has 0 atom stereocenters. The highest BCUT2D eigenvalue weighted by atomic mass is 32.2. The lowest BCUT2D eigenvalue weighted by molar-refractivity contribution is 0.443. The number of nitrogens with two attached hydrogens (primary N) is 1. The summed E-state index contributed by atoms with van der Waals surface area (Å²) in [4.78, 5) is 0.262. The van der Waals surface area contributed by atoms with Crippen molar-refractivity contribution in [1.82, 2.24) is 0 Å². The summed E-state index contributed by atoms with van der Waals surface area (Å²) in [5, 5.41) is 5.18. The van der Waals surface area contributed by atoms with Crippen LogP contribution < -0.4 is 9.44 Å². The van der Waals surface area contributed by atoms with Crippen molar-refractivity contribution in [3.05, 3.63) is 53.6 Å². The van der Waals surface area contributed by atoms with Gasteiger partial charge in [-0.05, 0) is 66.6 Å². The van der Waals surface area contributed by atoms with Crippen molar-refractivity contribution >= 4 is 25.7 Å². The van der Waals surface area contributed by atoms with Gasteiger partial charge in [-0.1, -0.05) is 31.4 Å². The molecule has 1 saturated carbocycles. The van der Waals surface area contributed by atoms with Gasteiger partial charge in [0.2, 0.25) is 10.0 Å². The Kier molecular flexibility index (Phi) is 4.97. The van der Waals surface area contributed by atoms with Crippen LogP contribution >= 0.6 is 0 Å². The molecule has 0 amide bonds. The van der Waals surface area contributed by atoms with E-state index in [1.807, 2.05) is 12.1 Å². The molecular formula is C20H24N2O4S2. The van der Waals surface area contributed by atoms with Gasteiger partial charge in [-0.3, -0.25) is 4.31 Å². The summed E-state index contributed by atoms with van der Waals surface area (Å²) in [5.41, 5.74) is 2.40. The van der Waals surface area contributed by atoms with Crippen molar-refractivity contribution in [2.75, 3.05) is 10.8 Å². The van der Waals surface area contributed by atoms with Crippen molar-refractivity contribution in [2.24, 2.45) is 5.14 Å². The molecule has 0 saturated heterocycles. The molecule has 1 aliphatic carbocycles. The van der Waals surface area contributed by atoms with Gasteiger partial charge >= 0.3 is 0 Å². The van der Waals surface area contributed by atoms with Crippen LogP contribution in [-0.2, 0) is 26.5 Å². The maximum Gasteiger partial charge on any atom is 0.264 e. The molecule has 1 fully saturated rings. The molecule has 0 spiro atoms. The topological polar surface area (TPSA) is 97.5 Å². The Labute approximate surface area is 166 Å². The second kappa shape index (κ2) is 7.17. The van der Waals surface area contributed by atoms with Gasteiger partial charge in [0.05, 0.1) is 15.5 Å². The number of anilines is 1. The second-order valence-corrected chi connectivity index (χ2v) is 11.0. The Morgan fingerprint density at radius 3 is 2.14 bits per heavy atom. The van der Waals surface area contributed by atoms with Crippen LogP contribution in [0.5, 0.6) is 0 Å². The SMILES string of the molecule is NS(=O)(=O)c1ccc2c(c1)CCN2S(=O)(=O)c1ccc(C2CCCCC2)cc1. The van der Waals surface area contributed by atoms with Crippen molar-refractivity contribution in [3.8, 4) is 0 Å². The van der Waals surface area contributed by atoms with Crippen LogP contribution in [0, 0.1) is 0 Å². The molecule has 1 aliphatic heterocycles. The molecule has 0 radical (unpaired) electrons. The van der Waals surface area contributed by atoms with E-state index in [4.69, 9.17) is 5.14 Å². The predicted molar refractivity (Wildman–Crippen MR) is 108 cm³/mol. The molecule has 0 bridgehead atoms. The molecule has 2 N–H and O–H groups in total. The molecule has 28 heavy (non-hydrogen) atoms. The molecular weight excluding hydrogens is 396 g/mol. The van der Waals surface area contributed by atoms with Crippen LogP contribution in [0.25, 0.3) is 0 Å². The molecule has 4 rings (SSSR count). The highest BCUT2D eigenvalue weighted by molar-refractivity contribution is 7.92. The first-order valence-corrected chi connectivity index (χ1v) is 12.5. The van der Waals surface area contributed by atoms with E-state index in [-0.39, 0.29) is 16.3 Å². The highest BCUT2D eigenvalue weighted by Gasteiger charge is 2.31. The van der Waals surface area contributed by atoms with Gasteiger partial charge in [-0.2, -0.15) is 0 Å². The normalized spacial score (nSPS) is 18.2. The van der Waals surface area contributed by atoms with E-state index in [1.54, 1.807) is 12.1 Å². The maximum atomic E-state index is 13.1. The zero-order chi connectivity index (χ0) is 19.9. The summed E-state index contributed by atoms with van der Waals surface area (Å²) in [6.07, 6.45) is 6.53. The number of nitrogens with zero attached hydrogens (tertiary/aromatic N) is 1. The Hall–Kier alpha value is -1.90. The van der Waals surface area contributed by atoms with E-state index in [9.17, 15) is 16.8 Å². The van der Waals surface area contributed by atoms with Crippen LogP contribution in [-0.4, -0.2) is 23.4 Å². The molecule has 0 unspecified atom stereocenters. The number of hydrogen-bond donors (Lipinski definition) is 1. The van der Waals surface area contributed by atoms with Crippen LogP contribution in [0.4, 0.5) is 5.69 Å². The number of hydrogen-bond acceptors (Lipinski definition) is 4. The predicted octanol–water partition coefficient (Wildman–Crippen LogP) is 3.13. The summed E-state index contributed by atoms with van der Waals surface area (Å²) in [6.45, 7) is 0.288. The first-order valence-electron chi connectivity index (χ1n) is 9.55. The van der Waals surface area contributed by atoms with E-state index >= 15 is 0 Å². The number of sulfonamides is 2.